The molecule has 0 aromatic heterocycles. The molecule has 0 spiro atoms. The molecule has 0 radical (unpaired) electrons. The van der Waals surface area contributed by atoms with Gasteiger partial charge in [-0.1, -0.05) is 6.92 Å². The molecule has 9 heteroatoms. The Morgan fingerprint density at radius 2 is 1.88 bits per heavy atom. The second kappa shape index (κ2) is 8.76. The van der Waals surface area contributed by atoms with Gasteiger partial charge in [-0.25, -0.2) is 13.2 Å². The van der Waals surface area contributed by atoms with Crippen molar-refractivity contribution in [2.75, 3.05) is 27.3 Å². The Bertz CT molecular complexity index is 700. The molecule has 0 unspecified atom stereocenters. The number of sulfonamides is 1. The summed E-state index contributed by atoms with van der Waals surface area (Å²) in [5.74, 6) is -1.95. The summed E-state index contributed by atoms with van der Waals surface area (Å²) < 4.78 is 36.0. The number of carbonyl (C=O) groups is 2. The van der Waals surface area contributed by atoms with Gasteiger partial charge in [0, 0.05) is 13.7 Å². The number of carboxylic acid groups (broad SMARTS) is 1. The van der Waals surface area contributed by atoms with Crippen LogP contribution in [0.5, 0.6) is 0 Å². The van der Waals surface area contributed by atoms with E-state index < -0.39 is 28.5 Å². The Labute approximate surface area is 141 Å². The van der Waals surface area contributed by atoms with Crippen molar-refractivity contribution in [1.82, 2.24) is 4.31 Å². The first-order valence-corrected chi connectivity index (χ1v) is 8.63. The van der Waals surface area contributed by atoms with Crippen molar-refractivity contribution in [1.29, 1.82) is 0 Å². The van der Waals surface area contributed by atoms with Crippen LogP contribution in [0.2, 0.25) is 0 Å². The standard InChI is InChI=1S/C15H21NO7S/c1-4-5-16(9-14(17)18)24(20,21)13-7-11(10-22-2)6-12(8-13)15(19)23-3/h6-8H,4-5,9-10H2,1-3H3,(H,17,18). The van der Waals surface area contributed by atoms with Gasteiger partial charge in [-0.3, -0.25) is 4.79 Å². The highest BCUT2D eigenvalue weighted by atomic mass is 32.2. The van der Waals surface area contributed by atoms with Gasteiger partial charge < -0.3 is 14.6 Å². The van der Waals surface area contributed by atoms with Crippen LogP contribution in [-0.2, 0) is 30.9 Å². The number of hydrogen-bond donors (Lipinski definition) is 1. The molecule has 24 heavy (non-hydrogen) atoms. The highest BCUT2D eigenvalue weighted by Gasteiger charge is 2.27. The Balaban J connectivity index is 3.41. The van der Waals surface area contributed by atoms with Gasteiger partial charge in [-0.2, -0.15) is 4.31 Å². The second-order valence-corrected chi connectivity index (χ2v) is 6.96. The first-order chi connectivity index (χ1) is 11.3. The van der Waals surface area contributed by atoms with Gasteiger partial charge in [0.05, 0.1) is 24.2 Å². The number of rotatable bonds is 9. The van der Waals surface area contributed by atoms with Crippen molar-refractivity contribution in [3.05, 3.63) is 29.3 Å². The first-order valence-electron chi connectivity index (χ1n) is 7.19. The molecular formula is C15H21NO7S. The van der Waals surface area contributed by atoms with Gasteiger partial charge in [0.2, 0.25) is 10.0 Å². The maximum atomic E-state index is 12.7. The number of esters is 1. The molecule has 1 aromatic rings. The predicted octanol–water partition coefficient (Wildman–Crippen LogP) is 1.10. The molecular weight excluding hydrogens is 338 g/mol. The fraction of sp³-hybridized carbons (Fsp3) is 0.467. The number of benzene rings is 1. The molecule has 0 heterocycles. The number of ether oxygens (including phenoxy) is 2. The molecule has 0 amide bonds. The largest absolute Gasteiger partial charge is 0.480 e. The number of aliphatic carboxylic acids is 1. The molecule has 0 atom stereocenters. The second-order valence-electron chi connectivity index (χ2n) is 5.02. The highest BCUT2D eigenvalue weighted by molar-refractivity contribution is 7.89. The lowest BCUT2D eigenvalue weighted by molar-refractivity contribution is -0.137. The third kappa shape index (κ3) is 5.02. The van der Waals surface area contributed by atoms with Crippen LogP contribution in [0.25, 0.3) is 0 Å². The van der Waals surface area contributed by atoms with Crippen molar-refractivity contribution in [3.8, 4) is 0 Å². The van der Waals surface area contributed by atoms with Crippen LogP contribution in [0.15, 0.2) is 23.1 Å². The molecule has 0 saturated carbocycles. The van der Waals surface area contributed by atoms with E-state index in [1.54, 1.807) is 6.92 Å². The van der Waals surface area contributed by atoms with E-state index >= 15 is 0 Å². The molecule has 0 aliphatic heterocycles. The SMILES string of the molecule is CCCN(CC(=O)O)S(=O)(=O)c1cc(COC)cc(C(=O)OC)c1. The molecule has 1 rings (SSSR count). The van der Waals surface area contributed by atoms with E-state index in [4.69, 9.17) is 9.84 Å². The topological polar surface area (TPSA) is 110 Å². The normalized spacial score (nSPS) is 11.5. The van der Waals surface area contributed by atoms with Crippen LogP contribution >= 0.6 is 0 Å². The van der Waals surface area contributed by atoms with E-state index in [0.29, 0.717) is 12.0 Å². The van der Waals surface area contributed by atoms with Crippen LogP contribution in [-0.4, -0.2) is 57.1 Å². The third-order valence-electron chi connectivity index (χ3n) is 3.12. The Morgan fingerprint density at radius 3 is 2.38 bits per heavy atom. The zero-order valence-electron chi connectivity index (χ0n) is 13.8. The molecule has 1 aromatic carbocycles. The van der Waals surface area contributed by atoms with Gasteiger partial charge in [-0.05, 0) is 30.2 Å². The lowest BCUT2D eigenvalue weighted by atomic mass is 10.1. The maximum absolute atomic E-state index is 12.7. The fourth-order valence-electron chi connectivity index (χ4n) is 2.13. The summed E-state index contributed by atoms with van der Waals surface area (Å²) in [6.07, 6.45) is 0.453. The molecule has 0 aliphatic rings. The monoisotopic (exact) mass is 359 g/mol. The molecule has 0 bridgehead atoms. The summed E-state index contributed by atoms with van der Waals surface area (Å²) >= 11 is 0. The number of carbonyl (C=O) groups excluding carboxylic acids is 1. The molecule has 1 N–H and O–H groups in total. The minimum Gasteiger partial charge on any atom is -0.480 e. The number of hydrogen-bond acceptors (Lipinski definition) is 6. The van der Waals surface area contributed by atoms with E-state index in [0.717, 1.165) is 4.31 Å². The summed E-state index contributed by atoms with van der Waals surface area (Å²) in [4.78, 5) is 22.5. The van der Waals surface area contributed by atoms with Gasteiger partial charge in [0.15, 0.2) is 0 Å². The highest BCUT2D eigenvalue weighted by Crippen LogP contribution is 2.21. The Kier molecular flexibility index (Phi) is 7.33. The molecule has 0 fully saturated rings. The lowest BCUT2D eigenvalue weighted by Gasteiger charge is -2.20. The number of methoxy groups -OCH3 is 2. The molecule has 0 aliphatic carbocycles. The first kappa shape index (κ1) is 20.1. The lowest BCUT2D eigenvalue weighted by Crippen LogP contribution is -2.36. The van der Waals surface area contributed by atoms with Crippen LogP contribution in [0.4, 0.5) is 0 Å². The zero-order chi connectivity index (χ0) is 18.3. The predicted molar refractivity (Wildman–Crippen MR) is 85.2 cm³/mol. The number of nitrogens with zero attached hydrogens (tertiary/aromatic N) is 1. The zero-order valence-corrected chi connectivity index (χ0v) is 14.6. The molecule has 134 valence electrons. The van der Waals surface area contributed by atoms with E-state index in [1.165, 1.54) is 32.4 Å². The maximum Gasteiger partial charge on any atom is 0.337 e. The summed E-state index contributed by atoms with van der Waals surface area (Å²) in [6, 6.07) is 4.00. The van der Waals surface area contributed by atoms with Crippen molar-refractivity contribution in [2.45, 2.75) is 24.8 Å². The number of carboxylic acids is 1. The Morgan fingerprint density at radius 1 is 1.21 bits per heavy atom. The quantitative estimate of drug-likeness (QED) is 0.657. The summed E-state index contributed by atoms with van der Waals surface area (Å²) in [6.45, 7) is 1.24. The van der Waals surface area contributed by atoms with Crippen molar-refractivity contribution in [2.24, 2.45) is 0 Å². The van der Waals surface area contributed by atoms with E-state index in [-0.39, 0.29) is 23.6 Å². The summed E-state index contributed by atoms with van der Waals surface area (Å²) in [5.41, 5.74) is 0.517. The van der Waals surface area contributed by atoms with E-state index in [2.05, 4.69) is 4.74 Å². The molecule has 0 saturated heterocycles. The van der Waals surface area contributed by atoms with Crippen molar-refractivity contribution in [3.63, 3.8) is 0 Å². The van der Waals surface area contributed by atoms with Gasteiger partial charge in [0.25, 0.3) is 0 Å². The van der Waals surface area contributed by atoms with Gasteiger partial charge >= 0.3 is 11.9 Å². The van der Waals surface area contributed by atoms with Crippen LogP contribution in [0.1, 0.15) is 29.3 Å². The average Bonchev–Trinajstić information content (AvgIpc) is 2.53. The minimum atomic E-state index is -4.07. The van der Waals surface area contributed by atoms with Crippen LogP contribution < -0.4 is 0 Å². The summed E-state index contributed by atoms with van der Waals surface area (Å²) in [7, 11) is -1.45. The van der Waals surface area contributed by atoms with Crippen LogP contribution in [0.3, 0.4) is 0 Å². The fourth-order valence-corrected chi connectivity index (χ4v) is 3.71. The average molecular weight is 359 g/mol. The van der Waals surface area contributed by atoms with E-state index in [1.807, 2.05) is 0 Å². The minimum absolute atomic E-state index is 0.0523. The molecule has 8 nitrogen and oxygen atoms in total. The van der Waals surface area contributed by atoms with Gasteiger partial charge in [-0.15, -0.1) is 0 Å². The van der Waals surface area contributed by atoms with Crippen molar-refractivity contribution < 1.29 is 32.6 Å². The third-order valence-corrected chi connectivity index (χ3v) is 4.94. The van der Waals surface area contributed by atoms with Gasteiger partial charge in [0.1, 0.15) is 6.54 Å². The van der Waals surface area contributed by atoms with Crippen LogP contribution in [0, 0.1) is 0 Å². The van der Waals surface area contributed by atoms with E-state index in [9.17, 15) is 18.0 Å². The van der Waals surface area contributed by atoms with Crippen molar-refractivity contribution >= 4 is 22.0 Å². The Hall–Kier alpha value is -1.97. The summed E-state index contributed by atoms with van der Waals surface area (Å²) in [5, 5.41) is 8.94. The smallest absolute Gasteiger partial charge is 0.337 e.